The van der Waals surface area contributed by atoms with Crippen LogP contribution in [0.25, 0.3) is 0 Å². The second-order valence-electron chi connectivity index (χ2n) is 5.01. The summed E-state index contributed by atoms with van der Waals surface area (Å²) < 4.78 is 6.80. The molecule has 1 aromatic carbocycles. The third-order valence-electron chi connectivity index (χ3n) is 3.66. The third-order valence-corrected chi connectivity index (χ3v) is 4.31. The first kappa shape index (κ1) is 14.4. The molecule has 1 aromatic rings. The maximum Gasteiger partial charge on any atom is 0.133 e. The molecule has 102 valence electrons. The van der Waals surface area contributed by atoms with Crippen LogP contribution in [0.15, 0.2) is 22.7 Å². The lowest BCUT2D eigenvalue weighted by molar-refractivity contribution is 0.232. The minimum Gasteiger partial charge on any atom is -0.492 e. The Morgan fingerprint density at radius 1 is 1.53 bits per heavy atom. The SMILES string of the molecule is CN1CCCC1CCOc1cc(CC#N)ccc1Br. The summed E-state index contributed by atoms with van der Waals surface area (Å²) in [6, 6.07) is 8.66. The number of rotatable bonds is 5. The normalized spacial score (nSPS) is 19.3. The van der Waals surface area contributed by atoms with Gasteiger partial charge in [0.2, 0.25) is 0 Å². The number of hydrogen-bond acceptors (Lipinski definition) is 3. The van der Waals surface area contributed by atoms with Crippen LogP contribution in [0.2, 0.25) is 0 Å². The Morgan fingerprint density at radius 2 is 2.37 bits per heavy atom. The highest BCUT2D eigenvalue weighted by Crippen LogP contribution is 2.27. The van der Waals surface area contributed by atoms with Crippen molar-refractivity contribution in [2.45, 2.75) is 31.7 Å². The molecule has 3 nitrogen and oxygen atoms in total. The van der Waals surface area contributed by atoms with E-state index < -0.39 is 0 Å². The van der Waals surface area contributed by atoms with Crippen LogP contribution in [0.1, 0.15) is 24.8 Å². The van der Waals surface area contributed by atoms with Crippen molar-refractivity contribution in [2.75, 3.05) is 20.2 Å². The first-order valence-corrected chi connectivity index (χ1v) is 7.48. The van der Waals surface area contributed by atoms with Gasteiger partial charge in [-0.1, -0.05) is 6.07 Å². The summed E-state index contributed by atoms with van der Waals surface area (Å²) in [7, 11) is 2.18. The van der Waals surface area contributed by atoms with Gasteiger partial charge in [0.1, 0.15) is 5.75 Å². The fraction of sp³-hybridized carbons (Fsp3) is 0.533. The Labute approximate surface area is 123 Å². The molecular formula is C15H19BrN2O. The summed E-state index contributed by atoms with van der Waals surface area (Å²) in [4.78, 5) is 2.41. The molecule has 19 heavy (non-hydrogen) atoms. The fourth-order valence-corrected chi connectivity index (χ4v) is 2.87. The van der Waals surface area contributed by atoms with Crippen LogP contribution in [0, 0.1) is 11.3 Å². The molecule has 1 aliphatic heterocycles. The molecular weight excluding hydrogens is 304 g/mol. The van der Waals surface area contributed by atoms with Crippen molar-refractivity contribution in [3.05, 3.63) is 28.2 Å². The number of nitriles is 1. The van der Waals surface area contributed by atoms with Crippen LogP contribution in [-0.2, 0) is 6.42 Å². The van der Waals surface area contributed by atoms with Crippen LogP contribution in [0.3, 0.4) is 0 Å². The summed E-state index contributed by atoms with van der Waals surface area (Å²) in [6.45, 7) is 1.93. The molecule has 0 aliphatic carbocycles. The molecule has 0 spiro atoms. The second kappa shape index (κ2) is 6.93. The van der Waals surface area contributed by atoms with Crippen molar-refractivity contribution >= 4 is 15.9 Å². The van der Waals surface area contributed by atoms with E-state index in [1.54, 1.807) is 0 Å². The molecule has 1 unspecified atom stereocenters. The van der Waals surface area contributed by atoms with E-state index in [1.165, 1.54) is 19.4 Å². The predicted molar refractivity (Wildman–Crippen MR) is 79.2 cm³/mol. The van der Waals surface area contributed by atoms with Gasteiger partial charge in [-0.2, -0.15) is 5.26 Å². The van der Waals surface area contributed by atoms with Crippen molar-refractivity contribution in [1.29, 1.82) is 5.26 Å². The lowest BCUT2D eigenvalue weighted by Crippen LogP contribution is -2.26. The van der Waals surface area contributed by atoms with Gasteiger partial charge in [-0.15, -0.1) is 0 Å². The lowest BCUT2D eigenvalue weighted by atomic mass is 10.1. The van der Waals surface area contributed by atoms with Gasteiger partial charge in [0.25, 0.3) is 0 Å². The molecule has 0 radical (unpaired) electrons. The largest absolute Gasteiger partial charge is 0.492 e. The van der Waals surface area contributed by atoms with Crippen molar-refractivity contribution in [3.63, 3.8) is 0 Å². The van der Waals surface area contributed by atoms with E-state index in [1.807, 2.05) is 18.2 Å². The summed E-state index contributed by atoms with van der Waals surface area (Å²) in [5.41, 5.74) is 0.999. The molecule has 0 N–H and O–H groups in total. The monoisotopic (exact) mass is 322 g/mol. The van der Waals surface area contributed by atoms with Crippen molar-refractivity contribution < 1.29 is 4.74 Å². The Hall–Kier alpha value is -1.05. The smallest absolute Gasteiger partial charge is 0.133 e. The zero-order valence-electron chi connectivity index (χ0n) is 11.2. The molecule has 1 aliphatic rings. The molecule has 4 heteroatoms. The van der Waals surface area contributed by atoms with Gasteiger partial charge < -0.3 is 9.64 Å². The minimum atomic E-state index is 0.426. The Morgan fingerprint density at radius 3 is 3.05 bits per heavy atom. The highest BCUT2D eigenvalue weighted by molar-refractivity contribution is 9.10. The number of likely N-dealkylation sites (tertiary alicyclic amines) is 1. The first-order valence-electron chi connectivity index (χ1n) is 6.69. The highest BCUT2D eigenvalue weighted by atomic mass is 79.9. The Bertz CT molecular complexity index is 470. The van der Waals surface area contributed by atoms with E-state index >= 15 is 0 Å². The molecule has 1 heterocycles. The van der Waals surface area contributed by atoms with E-state index in [4.69, 9.17) is 10.00 Å². The van der Waals surface area contributed by atoms with Gasteiger partial charge in [-0.05, 0) is 66.5 Å². The molecule has 1 atom stereocenters. The van der Waals surface area contributed by atoms with E-state index in [-0.39, 0.29) is 0 Å². The summed E-state index contributed by atoms with van der Waals surface area (Å²) in [5.74, 6) is 0.841. The lowest BCUT2D eigenvalue weighted by Gasteiger charge is -2.19. The first-order chi connectivity index (χ1) is 9.20. The molecule has 1 fully saturated rings. The topological polar surface area (TPSA) is 36.3 Å². The average molecular weight is 323 g/mol. The van der Waals surface area contributed by atoms with Crippen LogP contribution in [-0.4, -0.2) is 31.1 Å². The third kappa shape index (κ3) is 3.95. The van der Waals surface area contributed by atoms with E-state index in [0.717, 1.165) is 28.8 Å². The average Bonchev–Trinajstić information content (AvgIpc) is 2.79. The van der Waals surface area contributed by atoms with E-state index in [9.17, 15) is 0 Å². The second-order valence-corrected chi connectivity index (χ2v) is 5.87. The zero-order valence-corrected chi connectivity index (χ0v) is 12.8. The summed E-state index contributed by atoms with van der Waals surface area (Å²) in [5, 5.41) is 8.72. The van der Waals surface area contributed by atoms with Crippen molar-refractivity contribution in [1.82, 2.24) is 4.90 Å². The van der Waals surface area contributed by atoms with E-state index in [2.05, 4.69) is 33.9 Å². The maximum atomic E-state index is 8.72. The number of benzene rings is 1. The van der Waals surface area contributed by atoms with Crippen LogP contribution < -0.4 is 4.74 Å². The summed E-state index contributed by atoms with van der Waals surface area (Å²) >= 11 is 3.49. The van der Waals surface area contributed by atoms with Gasteiger partial charge in [0, 0.05) is 6.04 Å². The number of hydrogen-bond donors (Lipinski definition) is 0. The standard InChI is InChI=1S/C15H19BrN2O/c1-18-9-2-3-13(18)7-10-19-15-11-12(6-8-17)4-5-14(15)16/h4-5,11,13H,2-3,6-7,9-10H2,1H3. The zero-order chi connectivity index (χ0) is 13.7. The van der Waals surface area contributed by atoms with Gasteiger partial charge in [0.05, 0.1) is 23.6 Å². The summed E-state index contributed by atoms with van der Waals surface area (Å²) in [6.07, 6.45) is 4.05. The van der Waals surface area contributed by atoms with Crippen LogP contribution in [0.4, 0.5) is 0 Å². The molecule has 0 aromatic heterocycles. The molecule has 0 amide bonds. The van der Waals surface area contributed by atoms with Crippen LogP contribution >= 0.6 is 15.9 Å². The molecule has 2 rings (SSSR count). The number of ether oxygens (including phenoxy) is 1. The highest BCUT2D eigenvalue weighted by Gasteiger charge is 2.20. The van der Waals surface area contributed by atoms with Crippen molar-refractivity contribution in [2.24, 2.45) is 0 Å². The van der Waals surface area contributed by atoms with Crippen LogP contribution in [0.5, 0.6) is 5.75 Å². The van der Waals surface area contributed by atoms with Crippen molar-refractivity contribution in [3.8, 4) is 11.8 Å². The fourth-order valence-electron chi connectivity index (χ4n) is 2.51. The van der Waals surface area contributed by atoms with Gasteiger partial charge in [-0.3, -0.25) is 0 Å². The Kier molecular flexibility index (Phi) is 5.24. The van der Waals surface area contributed by atoms with Gasteiger partial charge in [-0.25, -0.2) is 0 Å². The Balaban J connectivity index is 1.88. The maximum absolute atomic E-state index is 8.72. The van der Waals surface area contributed by atoms with Gasteiger partial charge >= 0.3 is 0 Å². The van der Waals surface area contributed by atoms with Gasteiger partial charge in [0.15, 0.2) is 0 Å². The minimum absolute atomic E-state index is 0.426. The molecule has 0 saturated carbocycles. The number of halogens is 1. The van der Waals surface area contributed by atoms with E-state index in [0.29, 0.717) is 12.5 Å². The quantitative estimate of drug-likeness (QED) is 0.833. The molecule has 0 bridgehead atoms. The number of nitrogens with zero attached hydrogens (tertiary/aromatic N) is 2. The molecule has 1 saturated heterocycles. The predicted octanol–water partition coefficient (Wildman–Crippen LogP) is 3.38.